The van der Waals surface area contributed by atoms with Gasteiger partial charge in [0.1, 0.15) is 5.78 Å². The van der Waals surface area contributed by atoms with Gasteiger partial charge in [-0.1, -0.05) is 18.6 Å². The molecule has 0 aromatic rings. The summed E-state index contributed by atoms with van der Waals surface area (Å²) < 4.78 is 12.0. The van der Waals surface area contributed by atoms with Crippen LogP contribution >= 0.6 is 0 Å². The van der Waals surface area contributed by atoms with Gasteiger partial charge in [-0.25, -0.2) is 4.79 Å². The van der Waals surface area contributed by atoms with E-state index in [0.29, 0.717) is 18.6 Å². The number of hydrogen-bond acceptors (Lipinski definition) is 3. The van der Waals surface area contributed by atoms with Crippen LogP contribution in [0.5, 0.6) is 0 Å². The smallest absolute Gasteiger partial charge is 0.315 e. The Labute approximate surface area is 122 Å². The molecule has 0 bridgehead atoms. The molecule has 2 N–H and O–H groups in total. The van der Waals surface area contributed by atoms with Gasteiger partial charge >= 0.3 is 6.03 Å². The molecule has 112 valence electrons. The number of carbonyl (C=O) groups is 2. The monoisotopic (exact) mass is 298 g/mol. The maximum absolute atomic E-state index is 12.0. The highest BCUT2D eigenvalue weighted by Crippen LogP contribution is 2.25. The number of fused-ring (bicyclic) bond motifs is 1. The van der Waals surface area contributed by atoms with E-state index in [2.05, 4.69) is 17.2 Å². The molecule has 0 aliphatic carbocycles. The van der Waals surface area contributed by atoms with E-state index < -0.39 is 10.8 Å². The summed E-state index contributed by atoms with van der Waals surface area (Å²) in [6, 6.07) is -0.147. The predicted molar refractivity (Wildman–Crippen MR) is 78.9 cm³/mol. The average Bonchev–Trinajstić information content (AvgIpc) is 2.80. The van der Waals surface area contributed by atoms with E-state index >= 15 is 0 Å². The van der Waals surface area contributed by atoms with Crippen molar-refractivity contribution in [1.29, 1.82) is 0 Å². The predicted octanol–water partition coefficient (Wildman–Crippen LogP) is 1.26. The number of amides is 2. The molecule has 2 rings (SSSR count). The Morgan fingerprint density at radius 1 is 1.40 bits per heavy atom. The third-order valence-corrected chi connectivity index (χ3v) is 5.71. The van der Waals surface area contributed by atoms with Crippen LogP contribution in [0.3, 0.4) is 0 Å². The van der Waals surface area contributed by atoms with E-state index in [9.17, 15) is 13.8 Å². The summed E-state index contributed by atoms with van der Waals surface area (Å²) in [6.07, 6.45) is 3.51. The van der Waals surface area contributed by atoms with Crippen molar-refractivity contribution in [3.63, 3.8) is 0 Å². The number of rotatable bonds is 7. The molecule has 20 heavy (non-hydrogen) atoms. The summed E-state index contributed by atoms with van der Waals surface area (Å²) in [5, 5.41) is 5.67. The molecular formula is C14H22N2O3S. The second kappa shape index (κ2) is 6.52. The number of urea groups is 1. The van der Waals surface area contributed by atoms with Crippen LogP contribution in [-0.2, 0) is 15.6 Å². The first-order valence-corrected chi connectivity index (χ1v) is 8.46. The zero-order valence-corrected chi connectivity index (χ0v) is 12.6. The summed E-state index contributed by atoms with van der Waals surface area (Å²) in [6.45, 7) is 5.59. The largest absolute Gasteiger partial charge is 0.332 e. The zero-order chi connectivity index (χ0) is 14.7. The fraction of sp³-hybridized carbons (Fsp3) is 0.714. The molecule has 0 aromatic carbocycles. The molecule has 2 aliphatic heterocycles. The lowest BCUT2D eigenvalue weighted by atomic mass is 10.0. The quantitative estimate of drug-likeness (QED) is 0.422. The van der Waals surface area contributed by atoms with Gasteiger partial charge in [-0.2, -0.15) is 0 Å². The standard InChI is InChI=1S/C14H22N2O3S/c1-9(2)7-10(17)5-3-4-6-12-13-11(8-20(12)19)15-14(18)16-13/h11-13H,1,3-8H2,2H3,(H2,15,16,18)/t11-,12-,13-,20?/m0/s1. The second-order valence-electron chi connectivity index (χ2n) is 5.75. The van der Waals surface area contributed by atoms with Gasteiger partial charge in [0, 0.05) is 29.4 Å². The first kappa shape index (κ1) is 15.2. The molecule has 2 fully saturated rings. The van der Waals surface area contributed by atoms with Crippen LogP contribution in [0.4, 0.5) is 4.79 Å². The summed E-state index contributed by atoms with van der Waals surface area (Å²) >= 11 is 0. The van der Waals surface area contributed by atoms with Crippen molar-refractivity contribution in [1.82, 2.24) is 10.6 Å². The van der Waals surface area contributed by atoms with E-state index in [4.69, 9.17) is 0 Å². The summed E-state index contributed by atoms with van der Waals surface area (Å²) in [7, 11) is -0.884. The number of allylic oxidation sites excluding steroid dienone is 1. The lowest BCUT2D eigenvalue weighted by Crippen LogP contribution is -2.38. The van der Waals surface area contributed by atoms with Gasteiger partial charge in [0.15, 0.2) is 0 Å². The molecule has 6 heteroatoms. The van der Waals surface area contributed by atoms with Crippen molar-refractivity contribution in [2.24, 2.45) is 0 Å². The fourth-order valence-electron chi connectivity index (χ4n) is 2.92. The highest BCUT2D eigenvalue weighted by atomic mass is 32.2. The minimum absolute atomic E-state index is 0.00513. The second-order valence-corrected chi connectivity index (χ2v) is 7.45. The molecule has 2 amide bonds. The first-order valence-electron chi connectivity index (χ1n) is 7.07. The summed E-state index contributed by atoms with van der Waals surface area (Å²) in [5.74, 6) is 0.765. The van der Waals surface area contributed by atoms with E-state index in [-0.39, 0.29) is 29.1 Å². The Hall–Kier alpha value is -1.17. The number of Topliss-reactive ketones (excluding diaryl/α,β-unsaturated/α-hetero) is 1. The Balaban J connectivity index is 1.71. The van der Waals surface area contributed by atoms with E-state index in [1.165, 1.54) is 0 Å². The zero-order valence-electron chi connectivity index (χ0n) is 11.8. The number of nitrogens with one attached hydrogen (secondary N) is 2. The minimum Gasteiger partial charge on any atom is -0.332 e. The van der Waals surface area contributed by atoms with Gasteiger partial charge in [-0.15, -0.1) is 0 Å². The maximum atomic E-state index is 12.0. The van der Waals surface area contributed by atoms with Gasteiger partial charge in [-0.3, -0.25) is 9.00 Å². The average molecular weight is 298 g/mol. The molecular weight excluding hydrogens is 276 g/mol. The van der Waals surface area contributed by atoms with E-state index in [0.717, 1.165) is 24.8 Å². The number of carbonyl (C=O) groups excluding carboxylic acids is 2. The normalized spacial score (nSPS) is 31.6. The van der Waals surface area contributed by atoms with Crippen LogP contribution in [0.25, 0.3) is 0 Å². The Kier molecular flexibility index (Phi) is 4.96. The molecule has 0 radical (unpaired) electrons. The van der Waals surface area contributed by atoms with Crippen molar-refractivity contribution < 1.29 is 13.8 Å². The fourth-order valence-corrected chi connectivity index (χ4v) is 4.82. The molecule has 2 saturated heterocycles. The summed E-state index contributed by atoms with van der Waals surface area (Å²) in [4.78, 5) is 22.8. The lowest BCUT2D eigenvalue weighted by Gasteiger charge is -2.15. The molecule has 0 spiro atoms. The van der Waals surface area contributed by atoms with Gasteiger partial charge in [0.05, 0.1) is 17.3 Å². The third kappa shape index (κ3) is 3.69. The molecule has 4 atom stereocenters. The molecule has 2 heterocycles. The van der Waals surface area contributed by atoms with Crippen molar-refractivity contribution in [2.75, 3.05) is 5.75 Å². The van der Waals surface area contributed by atoms with Crippen molar-refractivity contribution >= 4 is 22.6 Å². The van der Waals surface area contributed by atoms with E-state index in [1.54, 1.807) is 0 Å². The molecule has 2 aliphatic rings. The molecule has 0 saturated carbocycles. The highest BCUT2D eigenvalue weighted by molar-refractivity contribution is 7.86. The SMILES string of the molecule is C=C(C)CC(=O)CCCC[C@H]1[C@H]2NC(=O)N[C@H]2CS1=O. The van der Waals surface area contributed by atoms with Gasteiger partial charge in [0.25, 0.3) is 0 Å². The molecule has 0 aromatic heterocycles. The topological polar surface area (TPSA) is 75.3 Å². The van der Waals surface area contributed by atoms with Crippen LogP contribution in [-0.4, -0.2) is 39.1 Å². The van der Waals surface area contributed by atoms with Crippen molar-refractivity contribution in [3.8, 4) is 0 Å². The van der Waals surface area contributed by atoms with Crippen LogP contribution in [0.15, 0.2) is 12.2 Å². The third-order valence-electron chi connectivity index (χ3n) is 3.82. The first-order chi connectivity index (χ1) is 9.47. The van der Waals surface area contributed by atoms with Gasteiger partial charge in [0.2, 0.25) is 0 Å². The van der Waals surface area contributed by atoms with Crippen LogP contribution in [0.1, 0.15) is 39.0 Å². The lowest BCUT2D eigenvalue weighted by molar-refractivity contribution is -0.118. The Bertz CT molecular complexity index is 450. The van der Waals surface area contributed by atoms with Crippen LogP contribution < -0.4 is 10.6 Å². The van der Waals surface area contributed by atoms with Crippen molar-refractivity contribution in [2.45, 2.75) is 56.4 Å². The van der Waals surface area contributed by atoms with Gasteiger partial charge in [-0.05, 0) is 19.8 Å². The van der Waals surface area contributed by atoms with Crippen LogP contribution in [0, 0.1) is 0 Å². The minimum atomic E-state index is -0.884. The molecule has 5 nitrogen and oxygen atoms in total. The summed E-state index contributed by atoms with van der Waals surface area (Å²) in [5.41, 5.74) is 0.898. The maximum Gasteiger partial charge on any atom is 0.315 e. The highest BCUT2D eigenvalue weighted by Gasteiger charge is 2.46. The van der Waals surface area contributed by atoms with Crippen LogP contribution in [0.2, 0.25) is 0 Å². The number of ketones is 1. The molecule has 1 unspecified atom stereocenters. The number of unbranched alkanes of at least 4 members (excludes halogenated alkanes) is 1. The number of hydrogen-bond donors (Lipinski definition) is 2. The Morgan fingerprint density at radius 3 is 2.85 bits per heavy atom. The van der Waals surface area contributed by atoms with E-state index in [1.807, 2.05) is 6.92 Å². The Morgan fingerprint density at radius 2 is 2.15 bits per heavy atom. The van der Waals surface area contributed by atoms with Gasteiger partial charge < -0.3 is 10.6 Å². The van der Waals surface area contributed by atoms with Crippen molar-refractivity contribution in [3.05, 3.63) is 12.2 Å².